The fourth-order valence-corrected chi connectivity index (χ4v) is 3.26. The first kappa shape index (κ1) is 12.7. The molecule has 3 heterocycles. The lowest BCUT2D eigenvalue weighted by Gasteiger charge is -2.18. The number of nitrogens with zero attached hydrogens (tertiary/aromatic N) is 3. The van der Waals surface area contributed by atoms with Crippen molar-refractivity contribution >= 4 is 0 Å². The maximum atomic E-state index is 8.87. The van der Waals surface area contributed by atoms with Crippen LogP contribution in [0.15, 0.2) is 12.3 Å². The van der Waals surface area contributed by atoms with E-state index in [1.807, 2.05) is 12.3 Å². The van der Waals surface area contributed by atoms with Gasteiger partial charge in [0.2, 0.25) is 0 Å². The second-order valence-electron chi connectivity index (χ2n) is 6.15. The van der Waals surface area contributed by atoms with Gasteiger partial charge in [-0.3, -0.25) is 10.00 Å². The van der Waals surface area contributed by atoms with Crippen LogP contribution in [0.1, 0.15) is 47.0 Å². The lowest BCUT2D eigenvalue weighted by Crippen LogP contribution is -2.26. The maximum Gasteiger partial charge on any atom is 0.117 e. The summed E-state index contributed by atoms with van der Waals surface area (Å²) >= 11 is 0. The van der Waals surface area contributed by atoms with Gasteiger partial charge in [0.15, 0.2) is 0 Å². The standard InChI is InChI=1S/C16H19N5/c17-8-13-7-11(9-18-13)10-21-5-3-14-15(4-6-21)19-20-16(14)12-1-2-12/h7,9,12,18H,1-6,10H2,(H,19,20). The van der Waals surface area contributed by atoms with Crippen LogP contribution in [0, 0.1) is 11.3 Å². The molecule has 1 aliphatic heterocycles. The highest BCUT2D eigenvalue weighted by Crippen LogP contribution is 2.41. The summed E-state index contributed by atoms with van der Waals surface area (Å²) in [6, 6.07) is 4.09. The van der Waals surface area contributed by atoms with Crippen LogP contribution in [0.2, 0.25) is 0 Å². The Balaban J connectivity index is 1.45. The normalized spacial score (nSPS) is 19.0. The van der Waals surface area contributed by atoms with Crippen LogP contribution < -0.4 is 0 Å². The SMILES string of the molecule is N#Cc1cc(CN2CCc3[nH]nc(C4CC4)c3CC2)c[nH]1. The van der Waals surface area contributed by atoms with E-state index in [-0.39, 0.29) is 0 Å². The van der Waals surface area contributed by atoms with Gasteiger partial charge in [-0.2, -0.15) is 10.4 Å². The number of H-pyrrole nitrogens is 2. The third kappa shape index (κ3) is 2.47. The molecule has 0 bridgehead atoms. The van der Waals surface area contributed by atoms with Gasteiger partial charge in [0.1, 0.15) is 11.8 Å². The van der Waals surface area contributed by atoms with Crippen molar-refractivity contribution < 1.29 is 0 Å². The van der Waals surface area contributed by atoms with Gasteiger partial charge in [0.05, 0.1) is 5.69 Å². The van der Waals surface area contributed by atoms with E-state index in [1.165, 1.54) is 35.4 Å². The van der Waals surface area contributed by atoms with Crippen molar-refractivity contribution in [1.29, 1.82) is 5.26 Å². The Hall–Kier alpha value is -2.06. The van der Waals surface area contributed by atoms with E-state index in [0.717, 1.165) is 38.4 Å². The van der Waals surface area contributed by atoms with Crippen LogP contribution in [-0.2, 0) is 19.4 Å². The summed E-state index contributed by atoms with van der Waals surface area (Å²) in [4.78, 5) is 5.47. The maximum absolute atomic E-state index is 8.87. The molecular weight excluding hydrogens is 262 g/mol. The Morgan fingerprint density at radius 1 is 1.33 bits per heavy atom. The van der Waals surface area contributed by atoms with E-state index in [1.54, 1.807) is 0 Å². The Morgan fingerprint density at radius 3 is 2.95 bits per heavy atom. The minimum Gasteiger partial charge on any atom is -0.353 e. The highest BCUT2D eigenvalue weighted by molar-refractivity contribution is 5.32. The molecule has 0 radical (unpaired) electrons. The molecule has 1 saturated carbocycles. The van der Waals surface area contributed by atoms with Crippen molar-refractivity contribution in [1.82, 2.24) is 20.1 Å². The van der Waals surface area contributed by atoms with Crippen molar-refractivity contribution in [3.05, 3.63) is 40.5 Å². The first-order valence-corrected chi connectivity index (χ1v) is 7.69. The van der Waals surface area contributed by atoms with Crippen LogP contribution in [0.3, 0.4) is 0 Å². The second kappa shape index (κ2) is 5.05. The first-order valence-electron chi connectivity index (χ1n) is 7.69. The van der Waals surface area contributed by atoms with Gasteiger partial charge in [-0.05, 0) is 36.5 Å². The number of nitriles is 1. The van der Waals surface area contributed by atoms with Crippen LogP contribution in [0.25, 0.3) is 0 Å². The van der Waals surface area contributed by atoms with Crippen molar-refractivity contribution in [2.75, 3.05) is 13.1 Å². The third-order valence-corrected chi connectivity index (χ3v) is 4.57. The summed E-state index contributed by atoms with van der Waals surface area (Å²) < 4.78 is 0. The van der Waals surface area contributed by atoms with Crippen molar-refractivity contribution in [3.63, 3.8) is 0 Å². The lowest BCUT2D eigenvalue weighted by molar-refractivity contribution is 0.278. The van der Waals surface area contributed by atoms with Crippen LogP contribution in [0.5, 0.6) is 0 Å². The Bertz CT molecular complexity index is 686. The number of hydrogen-bond acceptors (Lipinski definition) is 3. The lowest BCUT2D eigenvalue weighted by atomic mass is 10.1. The number of rotatable bonds is 3. The highest BCUT2D eigenvalue weighted by Gasteiger charge is 2.31. The molecule has 0 saturated heterocycles. The van der Waals surface area contributed by atoms with Gasteiger partial charge < -0.3 is 4.98 Å². The van der Waals surface area contributed by atoms with E-state index < -0.39 is 0 Å². The largest absolute Gasteiger partial charge is 0.353 e. The molecule has 1 fully saturated rings. The summed E-state index contributed by atoms with van der Waals surface area (Å²) in [5, 5.41) is 16.7. The van der Waals surface area contributed by atoms with Crippen molar-refractivity contribution in [3.8, 4) is 6.07 Å². The summed E-state index contributed by atoms with van der Waals surface area (Å²) in [5.74, 6) is 0.722. The molecule has 0 unspecified atom stereocenters. The van der Waals surface area contributed by atoms with Gasteiger partial charge in [0.25, 0.3) is 0 Å². The van der Waals surface area contributed by atoms with Gasteiger partial charge in [0, 0.05) is 43.9 Å². The minimum atomic E-state index is 0.644. The molecule has 5 heteroatoms. The first-order chi connectivity index (χ1) is 10.3. The van der Waals surface area contributed by atoms with Gasteiger partial charge in [-0.25, -0.2) is 0 Å². The molecule has 21 heavy (non-hydrogen) atoms. The topological polar surface area (TPSA) is 71.5 Å². The van der Waals surface area contributed by atoms with E-state index in [4.69, 9.17) is 5.26 Å². The molecule has 2 N–H and O–H groups in total. The number of hydrogen-bond donors (Lipinski definition) is 2. The molecular formula is C16H19N5. The average Bonchev–Trinajstić information content (AvgIpc) is 3.17. The summed E-state index contributed by atoms with van der Waals surface area (Å²) in [7, 11) is 0. The smallest absolute Gasteiger partial charge is 0.117 e. The molecule has 4 rings (SSSR count). The molecule has 2 aromatic rings. The quantitative estimate of drug-likeness (QED) is 0.905. The zero-order chi connectivity index (χ0) is 14.2. The Kier molecular flexibility index (Phi) is 3.04. The van der Waals surface area contributed by atoms with E-state index in [0.29, 0.717) is 5.69 Å². The van der Waals surface area contributed by atoms with E-state index in [9.17, 15) is 0 Å². The van der Waals surface area contributed by atoms with Gasteiger partial charge in [-0.1, -0.05) is 0 Å². The molecule has 0 amide bonds. The molecule has 1 aliphatic carbocycles. The van der Waals surface area contributed by atoms with E-state index in [2.05, 4.69) is 26.2 Å². The van der Waals surface area contributed by atoms with Crippen LogP contribution in [-0.4, -0.2) is 33.2 Å². The third-order valence-electron chi connectivity index (χ3n) is 4.57. The van der Waals surface area contributed by atoms with Gasteiger partial charge >= 0.3 is 0 Å². The Morgan fingerprint density at radius 2 is 2.19 bits per heavy atom. The average molecular weight is 281 g/mol. The summed E-state index contributed by atoms with van der Waals surface area (Å²) in [6.45, 7) is 3.03. The molecule has 108 valence electrons. The zero-order valence-corrected chi connectivity index (χ0v) is 12.0. The number of aromatic amines is 2. The van der Waals surface area contributed by atoms with Crippen LogP contribution in [0.4, 0.5) is 0 Å². The molecule has 2 aromatic heterocycles. The zero-order valence-electron chi connectivity index (χ0n) is 12.0. The Labute approximate surface area is 124 Å². The minimum absolute atomic E-state index is 0.644. The molecule has 2 aliphatic rings. The second-order valence-corrected chi connectivity index (χ2v) is 6.15. The van der Waals surface area contributed by atoms with Crippen molar-refractivity contribution in [2.24, 2.45) is 0 Å². The predicted octanol–water partition coefficient (Wildman–Crippen LogP) is 2.09. The molecule has 5 nitrogen and oxygen atoms in total. The summed E-state index contributed by atoms with van der Waals surface area (Å²) in [5.41, 5.74) is 5.99. The van der Waals surface area contributed by atoms with Crippen molar-refractivity contribution in [2.45, 2.75) is 38.1 Å². The monoisotopic (exact) mass is 281 g/mol. The number of nitrogens with one attached hydrogen (secondary N) is 2. The fraction of sp³-hybridized carbons (Fsp3) is 0.500. The fourth-order valence-electron chi connectivity index (χ4n) is 3.26. The molecule has 0 spiro atoms. The molecule has 0 atom stereocenters. The van der Waals surface area contributed by atoms with E-state index >= 15 is 0 Å². The number of fused-ring (bicyclic) bond motifs is 1. The number of aromatic nitrogens is 3. The van der Waals surface area contributed by atoms with Crippen LogP contribution >= 0.6 is 0 Å². The highest BCUT2D eigenvalue weighted by atomic mass is 15.2. The van der Waals surface area contributed by atoms with Gasteiger partial charge in [-0.15, -0.1) is 0 Å². The molecule has 0 aromatic carbocycles. The predicted molar refractivity (Wildman–Crippen MR) is 78.8 cm³/mol. The summed E-state index contributed by atoms with van der Waals surface area (Å²) in [6.07, 6.45) is 6.69.